The van der Waals surface area contributed by atoms with E-state index in [0.717, 1.165) is 11.3 Å². The Balaban J connectivity index is 2.08. The molecule has 0 saturated carbocycles. The summed E-state index contributed by atoms with van der Waals surface area (Å²) in [5, 5.41) is 7.07. The number of rotatable bonds is 5. The van der Waals surface area contributed by atoms with E-state index in [1.54, 1.807) is 6.20 Å². The van der Waals surface area contributed by atoms with E-state index in [4.69, 9.17) is 5.73 Å². The van der Waals surface area contributed by atoms with Gasteiger partial charge < -0.3 is 11.1 Å². The van der Waals surface area contributed by atoms with Gasteiger partial charge in [-0.05, 0) is 37.6 Å². The first-order valence-corrected chi connectivity index (χ1v) is 6.59. The Morgan fingerprint density at radius 1 is 1.40 bits per heavy atom. The molecule has 3 N–H and O–H groups in total. The average Bonchev–Trinajstić information content (AvgIpc) is 2.92. The predicted molar refractivity (Wildman–Crippen MR) is 79.2 cm³/mol. The topological polar surface area (TPSA) is 72.9 Å². The van der Waals surface area contributed by atoms with Gasteiger partial charge >= 0.3 is 0 Å². The standard InChI is InChI=1S/C15H20N4O/c1-15(2,11-16)14(20)18-13-6-3-5-12(9-13)10-19-8-4-7-17-19/h3-9H,10-11,16H2,1-2H3,(H,18,20). The number of anilines is 1. The number of nitrogens with two attached hydrogens (primary N) is 1. The molecule has 0 bridgehead atoms. The van der Waals surface area contributed by atoms with E-state index >= 15 is 0 Å². The third kappa shape index (κ3) is 3.45. The van der Waals surface area contributed by atoms with Gasteiger partial charge in [-0.25, -0.2) is 0 Å². The van der Waals surface area contributed by atoms with Crippen molar-refractivity contribution in [2.45, 2.75) is 20.4 Å². The fourth-order valence-electron chi connectivity index (χ4n) is 1.72. The van der Waals surface area contributed by atoms with Gasteiger partial charge in [0.2, 0.25) is 5.91 Å². The molecule has 0 saturated heterocycles. The zero-order chi connectivity index (χ0) is 14.6. The van der Waals surface area contributed by atoms with E-state index < -0.39 is 5.41 Å². The highest BCUT2D eigenvalue weighted by Gasteiger charge is 2.25. The smallest absolute Gasteiger partial charge is 0.231 e. The van der Waals surface area contributed by atoms with E-state index in [0.29, 0.717) is 13.1 Å². The molecule has 5 heteroatoms. The number of amides is 1. The number of carbonyl (C=O) groups is 1. The van der Waals surface area contributed by atoms with Crippen molar-refractivity contribution in [2.75, 3.05) is 11.9 Å². The average molecular weight is 272 g/mol. The molecule has 0 atom stereocenters. The van der Waals surface area contributed by atoms with Crippen LogP contribution in [0.1, 0.15) is 19.4 Å². The molecule has 2 rings (SSSR count). The predicted octanol–water partition coefficient (Wildman–Crippen LogP) is 1.85. The lowest BCUT2D eigenvalue weighted by Crippen LogP contribution is -2.37. The van der Waals surface area contributed by atoms with Crippen LogP contribution < -0.4 is 11.1 Å². The zero-order valence-corrected chi connectivity index (χ0v) is 11.8. The Bertz CT molecular complexity index is 575. The zero-order valence-electron chi connectivity index (χ0n) is 11.8. The SMILES string of the molecule is CC(C)(CN)C(=O)Nc1cccc(Cn2cccn2)c1. The minimum absolute atomic E-state index is 0.0729. The first kappa shape index (κ1) is 14.3. The first-order chi connectivity index (χ1) is 9.51. The Morgan fingerprint density at radius 2 is 2.20 bits per heavy atom. The Hall–Kier alpha value is -2.14. The molecule has 20 heavy (non-hydrogen) atoms. The molecule has 5 nitrogen and oxygen atoms in total. The van der Waals surface area contributed by atoms with Crippen molar-refractivity contribution in [2.24, 2.45) is 11.1 Å². The van der Waals surface area contributed by atoms with Crippen LogP contribution in [0.15, 0.2) is 42.7 Å². The number of aromatic nitrogens is 2. The molecule has 0 aliphatic rings. The molecule has 0 aliphatic carbocycles. The third-order valence-corrected chi connectivity index (χ3v) is 3.21. The van der Waals surface area contributed by atoms with Gasteiger partial charge in [0.25, 0.3) is 0 Å². The number of hydrogen-bond acceptors (Lipinski definition) is 3. The van der Waals surface area contributed by atoms with Crippen LogP contribution in [0, 0.1) is 5.41 Å². The molecule has 2 aromatic rings. The summed E-state index contributed by atoms with van der Waals surface area (Å²) in [6.45, 7) is 4.65. The highest BCUT2D eigenvalue weighted by molar-refractivity contribution is 5.95. The van der Waals surface area contributed by atoms with E-state index in [-0.39, 0.29) is 5.91 Å². The van der Waals surface area contributed by atoms with Crippen LogP contribution in [-0.2, 0) is 11.3 Å². The maximum Gasteiger partial charge on any atom is 0.231 e. The summed E-state index contributed by atoms with van der Waals surface area (Å²) in [5.74, 6) is -0.0729. The second kappa shape index (κ2) is 5.88. The number of nitrogens with one attached hydrogen (secondary N) is 1. The molecule has 1 aromatic carbocycles. The fourth-order valence-corrected chi connectivity index (χ4v) is 1.72. The van der Waals surface area contributed by atoms with Crippen LogP contribution >= 0.6 is 0 Å². The lowest BCUT2D eigenvalue weighted by molar-refractivity contribution is -0.123. The van der Waals surface area contributed by atoms with Gasteiger partial charge in [-0.3, -0.25) is 9.48 Å². The molecular formula is C15H20N4O. The second-order valence-electron chi connectivity index (χ2n) is 5.45. The quantitative estimate of drug-likeness (QED) is 0.872. The molecule has 106 valence electrons. The van der Waals surface area contributed by atoms with E-state index in [1.165, 1.54) is 0 Å². The summed E-state index contributed by atoms with van der Waals surface area (Å²) in [6.07, 6.45) is 3.65. The summed E-state index contributed by atoms with van der Waals surface area (Å²) in [4.78, 5) is 12.1. The number of carbonyl (C=O) groups excluding carboxylic acids is 1. The Kier molecular flexibility index (Phi) is 4.20. The van der Waals surface area contributed by atoms with E-state index in [2.05, 4.69) is 10.4 Å². The highest BCUT2D eigenvalue weighted by atomic mass is 16.2. The summed E-state index contributed by atoms with van der Waals surface area (Å²) >= 11 is 0. The van der Waals surface area contributed by atoms with Gasteiger partial charge in [0.1, 0.15) is 0 Å². The van der Waals surface area contributed by atoms with Crippen molar-refractivity contribution in [1.82, 2.24) is 9.78 Å². The van der Waals surface area contributed by atoms with Gasteiger partial charge in [-0.15, -0.1) is 0 Å². The fraction of sp³-hybridized carbons (Fsp3) is 0.333. The highest BCUT2D eigenvalue weighted by Crippen LogP contribution is 2.18. The summed E-state index contributed by atoms with van der Waals surface area (Å²) in [6, 6.07) is 9.63. The van der Waals surface area contributed by atoms with Crippen LogP contribution in [0.5, 0.6) is 0 Å². The molecule has 1 aromatic heterocycles. The van der Waals surface area contributed by atoms with Crippen LogP contribution in [0.25, 0.3) is 0 Å². The Labute approximate surface area is 118 Å². The number of hydrogen-bond donors (Lipinski definition) is 2. The molecule has 0 spiro atoms. The van der Waals surface area contributed by atoms with E-state index in [1.807, 2.05) is 55.1 Å². The maximum atomic E-state index is 12.1. The maximum absolute atomic E-state index is 12.1. The third-order valence-electron chi connectivity index (χ3n) is 3.21. The van der Waals surface area contributed by atoms with Crippen molar-refractivity contribution in [3.63, 3.8) is 0 Å². The summed E-state index contributed by atoms with van der Waals surface area (Å²) in [7, 11) is 0. The molecule has 0 radical (unpaired) electrons. The van der Waals surface area contributed by atoms with Gasteiger partial charge in [-0.2, -0.15) is 5.10 Å². The van der Waals surface area contributed by atoms with Crippen molar-refractivity contribution >= 4 is 11.6 Å². The molecule has 0 aliphatic heterocycles. The van der Waals surface area contributed by atoms with E-state index in [9.17, 15) is 4.79 Å². The van der Waals surface area contributed by atoms with Crippen molar-refractivity contribution in [3.8, 4) is 0 Å². The van der Waals surface area contributed by atoms with Gasteiger partial charge in [0.15, 0.2) is 0 Å². The lowest BCUT2D eigenvalue weighted by Gasteiger charge is -2.21. The first-order valence-electron chi connectivity index (χ1n) is 6.59. The normalized spacial score (nSPS) is 11.3. The lowest BCUT2D eigenvalue weighted by atomic mass is 9.92. The van der Waals surface area contributed by atoms with Crippen molar-refractivity contribution in [1.29, 1.82) is 0 Å². The molecule has 0 fully saturated rings. The van der Waals surface area contributed by atoms with Gasteiger partial charge in [0.05, 0.1) is 12.0 Å². The number of nitrogens with zero attached hydrogens (tertiary/aromatic N) is 2. The monoisotopic (exact) mass is 272 g/mol. The Morgan fingerprint density at radius 3 is 2.85 bits per heavy atom. The molecule has 0 unspecified atom stereocenters. The minimum atomic E-state index is -0.571. The van der Waals surface area contributed by atoms with Crippen molar-refractivity contribution < 1.29 is 4.79 Å². The van der Waals surface area contributed by atoms with Crippen molar-refractivity contribution in [3.05, 3.63) is 48.3 Å². The minimum Gasteiger partial charge on any atom is -0.329 e. The van der Waals surface area contributed by atoms with Gasteiger partial charge in [0, 0.05) is 24.6 Å². The molecular weight excluding hydrogens is 252 g/mol. The number of benzene rings is 1. The second-order valence-corrected chi connectivity index (χ2v) is 5.45. The largest absolute Gasteiger partial charge is 0.329 e. The summed E-state index contributed by atoms with van der Waals surface area (Å²) < 4.78 is 1.84. The van der Waals surface area contributed by atoms with Gasteiger partial charge in [-0.1, -0.05) is 12.1 Å². The molecule has 1 heterocycles. The van der Waals surface area contributed by atoms with Crippen LogP contribution in [-0.4, -0.2) is 22.2 Å². The van der Waals surface area contributed by atoms with Crippen LogP contribution in [0.2, 0.25) is 0 Å². The molecule has 1 amide bonds. The van der Waals surface area contributed by atoms with Crippen LogP contribution in [0.3, 0.4) is 0 Å². The van der Waals surface area contributed by atoms with Crippen LogP contribution in [0.4, 0.5) is 5.69 Å². The summed E-state index contributed by atoms with van der Waals surface area (Å²) in [5.41, 5.74) is 6.90.